The van der Waals surface area contributed by atoms with Crippen LogP contribution in [0.5, 0.6) is 5.75 Å². The van der Waals surface area contributed by atoms with E-state index in [1.54, 1.807) is 23.1 Å². The summed E-state index contributed by atoms with van der Waals surface area (Å²) in [6.45, 7) is 14.7. The lowest BCUT2D eigenvalue weighted by Crippen LogP contribution is -2.38. The number of rotatable bonds is 9. The Morgan fingerprint density at radius 2 is 1.71 bits per heavy atom. The van der Waals surface area contributed by atoms with E-state index in [0.717, 1.165) is 35.5 Å². The highest BCUT2D eigenvalue weighted by Gasteiger charge is 2.45. The zero-order chi connectivity index (χ0) is 25.0. The molecule has 1 aliphatic rings. The highest BCUT2D eigenvalue weighted by molar-refractivity contribution is 6.46. The van der Waals surface area contributed by atoms with E-state index in [1.807, 2.05) is 52.0 Å². The summed E-state index contributed by atoms with van der Waals surface area (Å²) >= 11 is 0. The molecule has 6 heteroatoms. The van der Waals surface area contributed by atoms with E-state index >= 15 is 0 Å². The molecule has 1 fully saturated rings. The molecule has 2 aromatic carbocycles. The quantitative estimate of drug-likeness (QED) is 0.326. The van der Waals surface area contributed by atoms with Crippen molar-refractivity contribution in [1.82, 2.24) is 9.80 Å². The Balaban J connectivity index is 2.08. The van der Waals surface area contributed by atoms with Gasteiger partial charge in [-0.25, -0.2) is 0 Å². The predicted octanol–water partition coefficient (Wildman–Crippen LogP) is 4.85. The molecule has 0 spiro atoms. The molecule has 1 saturated heterocycles. The van der Waals surface area contributed by atoms with Crippen molar-refractivity contribution in [3.8, 4) is 5.75 Å². The van der Waals surface area contributed by atoms with Gasteiger partial charge in [0.15, 0.2) is 0 Å². The zero-order valence-corrected chi connectivity index (χ0v) is 21.1. The Bertz CT molecular complexity index is 1070. The molecule has 0 unspecified atom stereocenters. The van der Waals surface area contributed by atoms with Crippen LogP contribution in [0.4, 0.5) is 0 Å². The lowest BCUT2D eigenvalue weighted by Gasteiger charge is -2.28. The van der Waals surface area contributed by atoms with E-state index in [1.165, 1.54) is 0 Å². The predicted molar refractivity (Wildman–Crippen MR) is 135 cm³/mol. The fraction of sp³-hybridized carbons (Fsp3) is 0.429. The third-order valence-electron chi connectivity index (χ3n) is 6.30. The number of aryl methyl sites for hydroxylation is 2. The average molecular weight is 465 g/mol. The summed E-state index contributed by atoms with van der Waals surface area (Å²) in [5.74, 6) is -0.659. The Labute approximate surface area is 202 Å². The fourth-order valence-corrected chi connectivity index (χ4v) is 4.33. The second kappa shape index (κ2) is 10.9. The first-order valence-corrected chi connectivity index (χ1v) is 12.0. The second-order valence-corrected chi connectivity index (χ2v) is 9.08. The standard InChI is InChI=1S/C28H36N2O4/c1-7-29(8-2)15-16-30-25(21-11-9-19(5)10-12-21)24(27(32)28(30)33)26(31)22-13-14-23(20(6)17-22)34-18(3)4/h9-14,17-18,25,31H,7-8,15-16H2,1-6H3/b26-24+/t25-/m1/s1. The van der Waals surface area contributed by atoms with Gasteiger partial charge in [-0.15, -0.1) is 0 Å². The van der Waals surface area contributed by atoms with Crippen LogP contribution in [0.2, 0.25) is 0 Å². The van der Waals surface area contributed by atoms with E-state index in [0.29, 0.717) is 18.7 Å². The molecule has 0 saturated carbocycles. The van der Waals surface area contributed by atoms with Gasteiger partial charge in [0, 0.05) is 18.7 Å². The molecule has 1 atom stereocenters. The third-order valence-corrected chi connectivity index (χ3v) is 6.30. The summed E-state index contributed by atoms with van der Waals surface area (Å²) in [6.07, 6.45) is 0.0239. The normalized spacial score (nSPS) is 17.8. The summed E-state index contributed by atoms with van der Waals surface area (Å²) in [7, 11) is 0. The molecule has 1 N–H and O–H groups in total. The van der Waals surface area contributed by atoms with Gasteiger partial charge in [0.05, 0.1) is 17.7 Å². The monoisotopic (exact) mass is 464 g/mol. The first-order valence-electron chi connectivity index (χ1n) is 12.0. The number of nitrogens with zero attached hydrogens (tertiary/aromatic N) is 2. The lowest BCUT2D eigenvalue weighted by molar-refractivity contribution is -0.140. The molecule has 34 heavy (non-hydrogen) atoms. The highest BCUT2D eigenvalue weighted by atomic mass is 16.5. The number of hydrogen-bond donors (Lipinski definition) is 1. The fourth-order valence-electron chi connectivity index (χ4n) is 4.33. The van der Waals surface area contributed by atoms with Crippen molar-refractivity contribution in [2.45, 2.75) is 53.7 Å². The number of carbonyl (C=O) groups excluding carboxylic acids is 2. The van der Waals surface area contributed by atoms with Crippen LogP contribution in [0.3, 0.4) is 0 Å². The molecule has 1 amide bonds. The van der Waals surface area contributed by atoms with Crippen LogP contribution in [-0.2, 0) is 9.59 Å². The van der Waals surface area contributed by atoms with Crippen molar-refractivity contribution in [2.24, 2.45) is 0 Å². The molecule has 0 aliphatic carbocycles. The summed E-state index contributed by atoms with van der Waals surface area (Å²) in [6, 6.07) is 12.5. The molecule has 0 radical (unpaired) electrons. The summed E-state index contributed by atoms with van der Waals surface area (Å²) in [5, 5.41) is 11.3. The number of aliphatic hydroxyl groups excluding tert-OH is 1. The zero-order valence-electron chi connectivity index (χ0n) is 21.1. The Morgan fingerprint density at radius 3 is 2.26 bits per heavy atom. The number of likely N-dealkylation sites (N-methyl/N-ethyl adjacent to an activating group) is 1. The van der Waals surface area contributed by atoms with E-state index in [4.69, 9.17) is 4.74 Å². The van der Waals surface area contributed by atoms with Gasteiger partial charge in [-0.3, -0.25) is 9.59 Å². The molecular weight excluding hydrogens is 428 g/mol. The van der Waals surface area contributed by atoms with Gasteiger partial charge in [0.2, 0.25) is 0 Å². The van der Waals surface area contributed by atoms with E-state index < -0.39 is 17.7 Å². The molecule has 0 bridgehead atoms. The van der Waals surface area contributed by atoms with Crippen molar-refractivity contribution < 1.29 is 19.4 Å². The number of hydrogen-bond acceptors (Lipinski definition) is 5. The molecule has 1 aliphatic heterocycles. The second-order valence-electron chi connectivity index (χ2n) is 9.08. The molecular formula is C28H36N2O4. The van der Waals surface area contributed by atoms with Crippen LogP contribution in [0.25, 0.3) is 5.76 Å². The maximum absolute atomic E-state index is 13.2. The smallest absolute Gasteiger partial charge is 0.295 e. The number of aliphatic hydroxyl groups is 1. The Hall–Kier alpha value is -3.12. The van der Waals surface area contributed by atoms with E-state index in [2.05, 4.69) is 18.7 Å². The highest BCUT2D eigenvalue weighted by Crippen LogP contribution is 2.39. The van der Waals surface area contributed by atoms with Gasteiger partial charge in [0.1, 0.15) is 11.5 Å². The van der Waals surface area contributed by atoms with Crippen molar-refractivity contribution in [3.05, 3.63) is 70.3 Å². The molecule has 6 nitrogen and oxygen atoms in total. The van der Waals surface area contributed by atoms with Crippen molar-refractivity contribution >= 4 is 17.4 Å². The minimum absolute atomic E-state index is 0.0239. The number of amides is 1. The molecule has 182 valence electrons. The van der Waals surface area contributed by atoms with Crippen LogP contribution in [0, 0.1) is 13.8 Å². The van der Waals surface area contributed by atoms with Gasteiger partial charge in [-0.2, -0.15) is 0 Å². The first-order chi connectivity index (χ1) is 16.2. The summed E-state index contributed by atoms with van der Waals surface area (Å²) in [5.41, 5.74) is 3.36. The number of ketones is 1. The van der Waals surface area contributed by atoms with Crippen molar-refractivity contribution in [3.63, 3.8) is 0 Å². The van der Waals surface area contributed by atoms with Crippen molar-refractivity contribution in [1.29, 1.82) is 0 Å². The van der Waals surface area contributed by atoms with Gasteiger partial charge < -0.3 is 19.6 Å². The van der Waals surface area contributed by atoms with Crippen LogP contribution in [0.1, 0.15) is 56.0 Å². The molecule has 2 aromatic rings. The maximum Gasteiger partial charge on any atom is 0.295 e. The topological polar surface area (TPSA) is 70.1 Å². The summed E-state index contributed by atoms with van der Waals surface area (Å²) in [4.78, 5) is 30.1. The SMILES string of the molecule is CCN(CC)CCN1C(=O)C(=O)/C(=C(/O)c2ccc(OC(C)C)c(C)c2)[C@H]1c1ccc(C)cc1. The van der Waals surface area contributed by atoms with E-state index in [9.17, 15) is 14.7 Å². The summed E-state index contributed by atoms with van der Waals surface area (Å²) < 4.78 is 5.81. The third kappa shape index (κ3) is 5.33. The number of carbonyl (C=O) groups is 2. The largest absolute Gasteiger partial charge is 0.507 e. The van der Waals surface area contributed by atoms with Crippen LogP contribution in [0.15, 0.2) is 48.0 Å². The van der Waals surface area contributed by atoms with Gasteiger partial charge in [-0.05, 0) is 70.1 Å². The van der Waals surface area contributed by atoms with Gasteiger partial charge in [-0.1, -0.05) is 43.7 Å². The number of likely N-dealkylation sites (tertiary alicyclic amines) is 1. The Morgan fingerprint density at radius 1 is 1.06 bits per heavy atom. The van der Waals surface area contributed by atoms with E-state index in [-0.39, 0.29) is 17.4 Å². The van der Waals surface area contributed by atoms with Crippen molar-refractivity contribution in [2.75, 3.05) is 26.2 Å². The van der Waals surface area contributed by atoms with Crippen LogP contribution >= 0.6 is 0 Å². The van der Waals surface area contributed by atoms with Crippen LogP contribution < -0.4 is 4.74 Å². The number of ether oxygens (including phenoxy) is 1. The molecule has 3 rings (SSSR count). The maximum atomic E-state index is 13.2. The Kier molecular flexibility index (Phi) is 8.15. The lowest BCUT2D eigenvalue weighted by atomic mass is 9.94. The number of Topliss-reactive ketones (excluding diaryl/α,β-unsaturated/α-hetero) is 1. The van der Waals surface area contributed by atoms with Gasteiger partial charge >= 0.3 is 0 Å². The average Bonchev–Trinajstić information content (AvgIpc) is 3.05. The van der Waals surface area contributed by atoms with Crippen LogP contribution in [-0.4, -0.2) is 58.9 Å². The minimum Gasteiger partial charge on any atom is -0.507 e. The molecule has 1 heterocycles. The number of benzene rings is 2. The van der Waals surface area contributed by atoms with Gasteiger partial charge in [0.25, 0.3) is 11.7 Å². The first kappa shape index (κ1) is 25.5. The molecule has 0 aromatic heterocycles. The minimum atomic E-state index is -0.650.